The van der Waals surface area contributed by atoms with E-state index in [1.807, 2.05) is 23.1 Å². The van der Waals surface area contributed by atoms with Gasteiger partial charge in [-0.05, 0) is 18.4 Å². The molecule has 0 bridgehead atoms. The van der Waals surface area contributed by atoms with Crippen LogP contribution in [-0.4, -0.2) is 42.5 Å². The van der Waals surface area contributed by atoms with E-state index in [9.17, 15) is 4.79 Å². The Kier molecular flexibility index (Phi) is 5.67. The van der Waals surface area contributed by atoms with Gasteiger partial charge >= 0.3 is 0 Å². The van der Waals surface area contributed by atoms with Crippen LogP contribution in [0.5, 0.6) is 0 Å². The molecule has 0 radical (unpaired) electrons. The third-order valence-electron chi connectivity index (χ3n) is 3.36. The first-order valence-corrected chi connectivity index (χ1v) is 7.32. The molecule has 0 saturated carbocycles. The summed E-state index contributed by atoms with van der Waals surface area (Å²) in [6.45, 7) is 1.92. The van der Waals surface area contributed by atoms with Crippen molar-refractivity contribution in [2.75, 3.05) is 25.6 Å². The zero-order chi connectivity index (χ0) is 13.5. The van der Waals surface area contributed by atoms with Crippen LogP contribution >= 0.6 is 11.6 Å². The van der Waals surface area contributed by atoms with Gasteiger partial charge in [0.05, 0.1) is 18.6 Å². The third-order valence-corrected chi connectivity index (χ3v) is 3.71. The highest BCUT2D eigenvalue weighted by Gasteiger charge is 2.22. The summed E-state index contributed by atoms with van der Waals surface area (Å²) in [6.07, 6.45) is 2.44. The van der Waals surface area contributed by atoms with E-state index >= 15 is 0 Å². The summed E-state index contributed by atoms with van der Waals surface area (Å²) in [6, 6.07) is 10.3. The van der Waals surface area contributed by atoms with Crippen LogP contribution in [0.25, 0.3) is 0 Å². The molecule has 104 valence electrons. The van der Waals surface area contributed by atoms with E-state index in [4.69, 9.17) is 16.3 Å². The zero-order valence-corrected chi connectivity index (χ0v) is 11.8. The summed E-state index contributed by atoms with van der Waals surface area (Å²) in [5, 5.41) is 0. The molecule has 1 saturated heterocycles. The number of alkyl halides is 1. The molecule has 1 fully saturated rings. The number of hydrogen-bond donors (Lipinski definition) is 0. The molecule has 1 amide bonds. The van der Waals surface area contributed by atoms with Gasteiger partial charge in [0, 0.05) is 19.5 Å². The van der Waals surface area contributed by atoms with Gasteiger partial charge in [-0.2, -0.15) is 0 Å². The van der Waals surface area contributed by atoms with Crippen LogP contribution in [0.15, 0.2) is 30.3 Å². The number of nitrogens with zero attached hydrogens (tertiary/aromatic N) is 1. The van der Waals surface area contributed by atoms with Gasteiger partial charge in [0.25, 0.3) is 0 Å². The maximum Gasteiger partial charge on any atom is 0.222 e. The maximum absolute atomic E-state index is 12.1. The number of aryl methyl sites for hydroxylation is 1. The van der Waals surface area contributed by atoms with Crippen LogP contribution in [-0.2, 0) is 16.0 Å². The number of ether oxygens (including phenoxy) is 1. The molecule has 0 N–H and O–H groups in total. The van der Waals surface area contributed by atoms with Crippen molar-refractivity contribution in [3.63, 3.8) is 0 Å². The molecular formula is C15H20ClNO2. The first-order chi connectivity index (χ1) is 9.29. The van der Waals surface area contributed by atoms with E-state index in [-0.39, 0.29) is 12.0 Å². The second-order valence-electron chi connectivity index (χ2n) is 4.83. The number of hydrogen-bond acceptors (Lipinski definition) is 2. The lowest BCUT2D eigenvalue weighted by molar-refractivity contribution is -0.138. The average Bonchev–Trinajstić information content (AvgIpc) is 2.48. The van der Waals surface area contributed by atoms with Gasteiger partial charge < -0.3 is 9.64 Å². The number of carbonyl (C=O) groups excluding carboxylic acids is 1. The van der Waals surface area contributed by atoms with Crippen LogP contribution in [0.3, 0.4) is 0 Å². The Labute approximate surface area is 119 Å². The molecule has 1 unspecified atom stereocenters. The number of benzene rings is 1. The molecule has 0 aliphatic carbocycles. The van der Waals surface area contributed by atoms with Crippen LogP contribution in [0.4, 0.5) is 0 Å². The lowest BCUT2D eigenvalue weighted by Crippen LogP contribution is -2.46. The lowest BCUT2D eigenvalue weighted by atomic mass is 10.1. The fourth-order valence-electron chi connectivity index (χ4n) is 2.29. The fraction of sp³-hybridized carbons (Fsp3) is 0.533. The Bertz CT molecular complexity index is 396. The van der Waals surface area contributed by atoms with Gasteiger partial charge in [-0.15, -0.1) is 11.6 Å². The van der Waals surface area contributed by atoms with Crippen molar-refractivity contribution in [1.29, 1.82) is 0 Å². The van der Waals surface area contributed by atoms with Gasteiger partial charge in [0.2, 0.25) is 5.91 Å². The minimum Gasteiger partial charge on any atom is -0.373 e. The highest BCUT2D eigenvalue weighted by atomic mass is 35.5. The largest absolute Gasteiger partial charge is 0.373 e. The van der Waals surface area contributed by atoms with Crippen LogP contribution < -0.4 is 0 Å². The van der Waals surface area contributed by atoms with Crippen LogP contribution in [0, 0.1) is 0 Å². The summed E-state index contributed by atoms with van der Waals surface area (Å²) in [5.74, 6) is 0.669. The number of halogens is 1. The van der Waals surface area contributed by atoms with Gasteiger partial charge in [0.1, 0.15) is 0 Å². The van der Waals surface area contributed by atoms with Crippen LogP contribution in [0.2, 0.25) is 0 Å². The Morgan fingerprint density at radius 1 is 1.37 bits per heavy atom. The highest BCUT2D eigenvalue weighted by molar-refractivity contribution is 6.18. The normalized spacial score (nSPS) is 19.4. The van der Waals surface area contributed by atoms with Crippen molar-refractivity contribution in [3.8, 4) is 0 Å². The molecule has 1 aromatic rings. The van der Waals surface area contributed by atoms with Gasteiger partial charge in [-0.25, -0.2) is 0 Å². The highest BCUT2D eigenvalue weighted by Crippen LogP contribution is 2.11. The molecule has 19 heavy (non-hydrogen) atoms. The van der Waals surface area contributed by atoms with Crippen molar-refractivity contribution >= 4 is 17.5 Å². The van der Waals surface area contributed by atoms with Gasteiger partial charge in [-0.1, -0.05) is 30.3 Å². The molecule has 4 heteroatoms. The van der Waals surface area contributed by atoms with Crippen molar-refractivity contribution in [2.24, 2.45) is 0 Å². The van der Waals surface area contributed by atoms with E-state index in [0.717, 1.165) is 12.8 Å². The monoisotopic (exact) mass is 281 g/mol. The minimum absolute atomic E-state index is 0.00603. The number of amides is 1. The zero-order valence-electron chi connectivity index (χ0n) is 11.1. The quantitative estimate of drug-likeness (QED) is 0.776. The molecule has 1 atom stereocenters. The molecule has 0 spiro atoms. The first-order valence-electron chi connectivity index (χ1n) is 6.79. The molecule has 1 heterocycles. The standard InChI is InChI=1S/C15H20ClNO2/c16-11-14-12-17(9-10-19-14)15(18)8-4-7-13-5-2-1-3-6-13/h1-3,5-6,14H,4,7-12H2. The Morgan fingerprint density at radius 2 is 2.16 bits per heavy atom. The maximum atomic E-state index is 12.1. The molecule has 1 aliphatic rings. The number of morpholine rings is 1. The smallest absolute Gasteiger partial charge is 0.222 e. The molecular weight excluding hydrogens is 262 g/mol. The second-order valence-corrected chi connectivity index (χ2v) is 5.13. The molecule has 1 aliphatic heterocycles. The predicted octanol–water partition coefficient (Wildman–Crippen LogP) is 2.48. The summed E-state index contributed by atoms with van der Waals surface area (Å²) in [4.78, 5) is 14.0. The van der Waals surface area contributed by atoms with E-state index in [1.165, 1.54) is 5.56 Å². The molecule has 3 nitrogen and oxygen atoms in total. The predicted molar refractivity (Wildman–Crippen MR) is 76.4 cm³/mol. The number of carbonyl (C=O) groups is 1. The van der Waals surface area contributed by atoms with E-state index in [0.29, 0.717) is 32.0 Å². The SMILES string of the molecule is O=C(CCCc1ccccc1)N1CCOC(CCl)C1. The summed E-state index contributed by atoms with van der Waals surface area (Å²) in [7, 11) is 0. The van der Waals surface area contributed by atoms with Gasteiger partial charge in [-0.3, -0.25) is 4.79 Å². The van der Waals surface area contributed by atoms with E-state index < -0.39 is 0 Å². The average molecular weight is 282 g/mol. The first kappa shape index (κ1) is 14.4. The fourth-order valence-corrected chi connectivity index (χ4v) is 2.47. The minimum atomic E-state index is -0.00603. The summed E-state index contributed by atoms with van der Waals surface area (Å²) in [5.41, 5.74) is 1.29. The van der Waals surface area contributed by atoms with Crippen molar-refractivity contribution in [1.82, 2.24) is 4.90 Å². The van der Waals surface area contributed by atoms with E-state index in [1.54, 1.807) is 0 Å². The van der Waals surface area contributed by atoms with E-state index in [2.05, 4.69) is 12.1 Å². The van der Waals surface area contributed by atoms with Gasteiger partial charge in [0.15, 0.2) is 0 Å². The molecule has 1 aromatic carbocycles. The third kappa shape index (κ3) is 4.51. The lowest BCUT2D eigenvalue weighted by Gasteiger charge is -2.32. The van der Waals surface area contributed by atoms with Crippen LogP contribution in [0.1, 0.15) is 18.4 Å². The topological polar surface area (TPSA) is 29.5 Å². The Hall–Kier alpha value is -1.06. The molecule has 0 aromatic heterocycles. The summed E-state index contributed by atoms with van der Waals surface area (Å²) < 4.78 is 5.46. The molecule has 2 rings (SSSR count). The Morgan fingerprint density at radius 3 is 2.89 bits per heavy atom. The second kappa shape index (κ2) is 7.51. The van der Waals surface area contributed by atoms with Crippen molar-refractivity contribution in [2.45, 2.75) is 25.4 Å². The van der Waals surface area contributed by atoms with Crippen molar-refractivity contribution < 1.29 is 9.53 Å². The summed E-state index contributed by atoms with van der Waals surface area (Å²) >= 11 is 5.77. The number of rotatable bonds is 5. The Balaban J connectivity index is 1.72. The van der Waals surface area contributed by atoms with Crippen molar-refractivity contribution in [3.05, 3.63) is 35.9 Å².